The van der Waals surface area contributed by atoms with Crippen LogP contribution in [-0.4, -0.2) is 72.7 Å². The number of aromatic nitrogens is 2. The van der Waals surface area contributed by atoms with Gasteiger partial charge in [-0.1, -0.05) is 16.8 Å². The first-order chi connectivity index (χ1) is 13.5. The van der Waals surface area contributed by atoms with Crippen LogP contribution in [0.5, 0.6) is 5.88 Å². The molecule has 11 heteroatoms. The van der Waals surface area contributed by atoms with Crippen molar-refractivity contribution < 1.29 is 19.0 Å². The Bertz CT molecular complexity index is 809. The molecule has 0 spiro atoms. The van der Waals surface area contributed by atoms with Crippen molar-refractivity contribution >= 4 is 23.0 Å². The van der Waals surface area contributed by atoms with Gasteiger partial charge in [0, 0.05) is 52.0 Å². The van der Waals surface area contributed by atoms with Gasteiger partial charge in [-0.3, -0.25) is 15.0 Å². The summed E-state index contributed by atoms with van der Waals surface area (Å²) in [6.07, 6.45) is -0.204. The molecule has 1 aromatic heterocycles. The Morgan fingerprint density at radius 1 is 1.32 bits per heavy atom. The van der Waals surface area contributed by atoms with Gasteiger partial charge in [0.25, 0.3) is 11.6 Å². The number of methoxy groups -OCH3 is 1. The minimum Gasteiger partial charge on any atom is -0.467 e. The Morgan fingerprint density at radius 3 is 2.64 bits per heavy atom. The second-order valence-corrected chi connectivity index (χ2v) is 6.94. The molecular weight excluding hydrogens is 390 g/mol. The molecule has 1 aliphatic rings. The lowest BCUT2D eigenvalue weighted by Gasteiger charge is -2.37. The number of hydrogen-bond donors (Lipinski definition) is 0. The quantitative estimate of drug-likeness (QED) is 0.476. The second-order valence-electron chi connectivity index (χ2n) is 6.53. The van der Waals surface area contributed by atoms with Crippen LogP contribution in [-0.2, 0) is 4.74 Å². The number of nitro groups is 1. The number of nitro benzene ring substituents is 1. The summed E-state index contributed by atoms with van der Waals surface area (Å²) in [6, 6.07) is 4.57. The van der Waals surface area contributed by atoms with Crippen molar-refractivity contribution in [2.24, 2.45) is 0 Å². The first kappa shape index (κ1) is 20.3. The fourth-order valence-corrected chi connectivity index (χ4v) is 3.42. The zero-order valence-electron chi connectivity index (χ0n) is 15.7. The molecule has 0 bridgehead atoms. The molecule has 152 valence electrons. The molecule has 3 rings (SSSR count). The lowest BCUT2D eigenvalue weighted by atomic mass is 10.2. The monoisotopic (exact) mass is 411 g/mol. The molecule has 10 nitrogen and oxygen atoms in total. The minimum atomic E-state index is -0.449. The van der Waals surface area contributed by atoms with Gasteiger partial charge in [-0.15, -0.1) is 0 Å². The highest BCUT2D eigenvalue weighted by Gasteiger charge is 2.24. The molecule has 0 unspecified atom stereocenters. The molecule has 1 saturated heterocycles. The number of non-ortho nitro benzene ring substituents is 1. The van der Waals surface area contributed by atoms with Gasteiger partial charge in [-0.05, 0) is 18.1 Å². The summed E-state index contributed by atoms with van der Waals surface area (Å²) in [5.74, 6) is 0.373. The van der Waals surface area contributed by atoms with Gasteiger partial charge in [-0.2, -0.15) is 0 Å². The van der Waals surface area contributed by atoms with E-state index in [1.165, 1.54) is 12.1 Å². The maximum absolute atomic E-state index is 10.9. The molecule has 0 saturated carbocycles. The van der Waals surface area contributed by atoms with Crippen LogP contribution in [0.15, 0.2) is 22.8 Å². The van der Waals surface area contributed by atoms with Gasteiger partial charge in [-0.25, -0.2) is 4.63 Å². The fourth-order valence-electron chi connectivity index (χ4n) is 3.12. The van der Waals surface area contributed by atoms with E-state index in [4.69, 9.17) is 21.1 Å². The number of aryl methyl sites for hydroxylation is 1. The van der Waals surface area contributed by atoms with Crippen LogP contribution in [0.25, 0.3) is 0 Å². The van der Waals surface area contributed by atoms with Crippen molar-refractivity contribution in [2.75, 3.05) is 51.3 Å². The molecule has 1 aromatic carbocycles. The van der Waals surface area contributed by atoms with Crippen LogP contribution in [0.2, 0.25) is 5.02 Å². The number of rotatable bonds is 8. The summed E-state index contributed by atoms with van der Waals surface area (Å²) < 4.78 is 15.8. The zero-order chi connectivity index (χ0) is 20.1. The van der Waals surface area contributed by atoms with Gasteiger partial charge < -0.3 is 14.4 Å². The van der Waals surface area contributed by atoms with E-state index >= 15 is 0 Å². The molecule has 2 heterocycles. The minimum absolute atomic E-state index is 0.00965. The Morgan fingerprint density at radius 2 is 2.07 bits per heavy atom. The van der Waals surface area contributed by atoms with Gasteiger partial charge in [0.15, 0.2) is 0 Å². The summed E-state index contributed by atoms with van der Waals surface area (Å²) in [7, 11) is 1.62. The fraction of sp³-hybridized carbons (Fsp3) is 0.529. The first-order valence-corrected chi connectivity index (χ1v) is 9.21. The lowest BCUT2D eigenvalue weighted by Crippen LogP contribution is -2.50. The van der Waals surface area contributed by atoms with Crippen LogP contribution >= 0.6 is 11.6 Å². The molecule has 28 heavy (non-hydrogen) atoms. The van der Waals surface area contributed by atoms with Crippen molar-refractivity contribution in [3.8, 4) is 5.88 Å². The second kappa shape index (κ2) is 9.18. The van der Waals surface area contributed by atoms with Crippen LogP contribution in [0.1, 0.15) is 5.69 Å². The van der Waals surface area contributed by atoms with Crippen molar-refractivity contribution in [3.63, 3.8) is 0 Å². The Labute approximate surface area is 167 Å². The zero-order valence-corrected chi connectivity index (χ0v) is 16.5. The van der Waals surface area contributed by atoms with Gasteiger partial charge in [0.05, 0.1) is 22.2 Å². The SMILES string of the molecule is COC[C@H](CN1CCN(c2ccc([N+](=O)[O-])cc2Cl)CC1)Oc1nonc1C. The van der Waals surface area contributed by atoms with E-state index in [0.29, 0.717) is 29.7 Å². The summed E-state index contributed by atoms with van der Waals surface area (Å²) in [6.45, 7) is 5.95. The van der Waals surface area contributed by atoms with Crippen LogP contribution in [0.4, 0.5) is 11.4 Å². The Kier molecular flexibility index (Phi) is 6.65. The number of nitrogens with zero attached hydrogens (tertiary/aromatic N) is 5. The third kappa shape index (κ3) is 4.89. The average Bonchev–Trinajstić information content (AvgIpc) is 3.07. The standard InChI is InChI=1S/C17H22ClN5O5/c1-12-17(20-28-19-12)27-14(11-26-2)10-21-5-7-22(8-6-21)16-4-3-13(23(24)25)9-15(16)18/h3-4,9,14H,5-8,10-11H2,1-2H3/t14-/m0/s1. The summed E-state index contributed by atoms with van der Waals surface area (Å²) in [5, 5.41) is 18.7. The number of piperazine rings is 1. The van der Waals surface area contributed by atoms with Gasteiger partial charge >= 0.3 is 0 Å². The third-order valence-corrected chi connectivity index (χ3v) is 4.86. The Balaban J connectivity index is 1.56. The predicted molar refractivity (Wildman–Crippen MR) is 102 cm³/mol. The molecule has 0 radical (unpaired) electrons. The molecule has 1 aliphatic heterocycles. The maximum Gasteiger partial charge on any atom is 0.279 e. The third-order valence-electron chi connectivity index (χ3n) is 4.56. The van der Waals surface area contributed by atoms with Crippen molar-refractivity contribution in [1.82, 2.24) is 15.2 Å². The van der Waals surface area contributed by atoms with Gasteiger partial charge in [0.2, 0.25) is 0 Å². The van der Waals surface area contributed by atoms with Crippen molar-refractivity contribution in [3.05, 3.63) is 39.0 Å². The molecule has 0 N–H and O–H groups in total. The van der Waals surface area contributed by atoms with Crippen LogP contribution < -0.4 is 9.64 Å². The number of anilines is 1. The van der Waals surface area contributed by atoms with Crippen LogP contribution in [0, 0.1) is 17.0 Å². The lowest BCUT2D eigenvalue weighted by molar-refractivity contribution is -0.384. The summed E-state index contributed by atoms with van der Waals surface area (Å²) in [4.78, 5) is 14.8. The highest BCUT2D eigenvalue weighted by molar-refractivity contribution is 6.33. The molecule has 1 atom stereocenters. The van der Waals surface area contributed by atoms with Crippen molar-refractivity contribution in [1.29, 1.82) is 0 Å². The van der Waals surface area contributed by atoms with Crippen LogP contribution in [0.3, 0.4) is 0 Å². The van der Waals surface area contributed by atoms with E-state index in [2.05, 4.69) is 24.7 Å². The summed E-state index contributed by atoms with van der Waals surface area (Å²) in [5.41, 5.74) is 1.39. The highest BCUT2D eigenvalue weighted by Crippen LogP contribution is 2.30. The molecular formula is C17H22ClN5O5. The predicted octanol–water partition coefficient (Wildman–Crippen LogP) is 2.16. The van der Waals surface area contributed by atoms with E-state index in [1.54, 1.807) is 20.1 Å². The topological polar surface area (TPSA) is 107 Å². The van der Waals surface area contributed by atoms with E-state index in [1.807, 2.05) is 0 Å². The number of benzene rings is 1. The van der Waals surface area contributed by atoms with Crippen molar-refractivity contribution in [2.45, 2.75) is 13.0 Å². The molecule has 0 amide bonds. The largest absolute Gasteiger partial charge is 0.467 e. The average molecular weight is 412 g/mol. The number of ether oxygens (including phenoxy) is 2. The summed E-state index contributed by atoms with van der Waals surface area (Å²) >= 11 is 6.25. The van der Waals surface area contributed by atoms with Gasteiger partial charge in [0.1, 0.15) is 11.8 Å². The maximum atomic E-state index is 10.9. The van der Waals surface area contributed by atoms with E-state index in [-0.39, 0.29) is 11.8 Å². The molecule has 1 fully saturated rings. The van der Waals surface area contributed by atoms with E-state index in [9.17, 15) is 10.1 Å². The molecule has 0 aliphatic carbocycles. The van der Waals surface area contributed by atoms with E-state index < -0.39 is 4.92 Å². The Hall–Kier alpha value is -2.43. The molecule has 2 aromatic rings. The first-order valence-electron chi connectivity index (χ1n) is 8.84. The number of halogens is 1. The number of hydrogen-bond acceptors (Lipinski definition) is 9. The highest BCUT2D eigenvalue weighted by atomic mass is 35.5. The normalized spacial score (nSPS) is 16.2. The smallest absolute Gasteiger partial charge is 0.279 e. The van der Waals surface area contributed by atoms with E-state index in [0.717, 1.165) is 31.9 Å².